The summed E-state index contributed by atoms with van der Waals surface area (Å²) in [6.45, 7) is 2.45. The van der Waals surface area contributed by atoms with Crippen LogP contribution in [-0.2, 0) is 6.54 Å². The summed E-state index contributed by atoms with van der Waals surface area (Å²) in [7, 11) is 0. The number of nitrogens with zero attached hydrogens (tertiary/aromatic N) is 1. The quantitative estimate of drug-likeness (QED) is 0.889. The van der Waals surface area contributed by atoms with Crippen LogP contribution in [0.2, 0.25) is 0 Å². The number of hydrogen-bond donors (Lipinski definition) is 2. The molecule has 1 aromatic carbocycles. The number of nitrogens with one attached hydrogen (secondary N) is 2. The van der Waals surface area contributed by atoms with Crippen molar-refractivity contribution in [2.24, 2.45) is 0 Å². The summed E-state index contributed by atoms with van der Waals surface area (Å²) in [5, 5.41) is 5.76. The van der Waals surface area contributed by atoms with Crippen LogP contribution in [0.4, 0.5) is 0 Å². The molecule has 3 rings (SSSR count). The zero-order valence-corrected chi connectivity index (χ0v) is 13.0. The van der Waals surface area contributed by atoms with Gasteiger partial charge in [-0.25, -0.2) is 0 Å². The van der Waals surface area contributed by atoms with Gasteiger partial charge in [-0.05, 0) is 37.0 Å². The molecule has 1 aliphatic carbocycles. The topological polar surface area (TPSA) is 71.1 Å². The standard InChI is InChI=1S/C18H19N3O2/c1-12-4-2-3-5-13(12)11-20-17(22)14-8-15(10-19-9-14)18(23)21-16-6-7-16/h2-5,8-10,16H,6-7,11H2,1H3,(H,20,22)(H,21,23). The van der Waals surface area contributed by atoms with Crippen molar-refractivity contribution in [1.82, 2.24) is 15.6 Å². The van der Waals surface area contributed by atoms with Gasteiger partial charge in [0.25, 0.3) is 11.8 Å². The Morgan fingerprint density at radius 1 is 1.13 bits per heavy atom. The van der Waals surface area contributed by atoms with E-state index in [0.717, 1.165) is 24.0 Å². The average molecular weight is 309 g/mol. The van der Waals surface area contributed by atoms with Crippen LogP contribution in [0.25, 0.3) is 0 Å². The number of carbonyl (C=O) groups is 2. The molecular weight excluding hydrogens is 290 g/mol. The van der Waals surface area contributed by atoms with Gasteiger partial charge in [-0.1, -0.05) is 24.3 Å². The summed E-state index contributed by atoms with van der Waals surface area (Å²) in [5.74, 6) is -0.407. The van der Waals surface area contributed by atoms with Gasteiger partial charge in [0, 0.05) is 25.0 Å². The van der Waals surface area contributed by atoms with Crippen molar-refractivity contribution in [1.29, 1.82) is 0 Å². The van der Waals surface area contributed by atoms with Crippen molar-refractivity contribution in [2.45, 2.75) is 32.4 Å². The second-order valence-electron chi connectivity index (χ2n) is 5.82. The van der Waals surface area contributed by atoms with Crippen LogP contribution in [0.15, 0.2) is 42.7 Å². The first-order chi connectivity index (χ1) is 11.1. The highest BCUT2D eigenvalue weighted by molar-refractivity contribution is 5.99. The van der Waals surface area contributed by atoms with Crippen molar-refractivity contribution in [3.63, 3.8) is 0 Å². The third kappa shape index (κ3) is 3.94. The normalized spacial score (nSPS) is 13.4. The van der Waals surface area contributed by atoms with Crippen LogP contribution >= 0.6 is 0 Å². The second kappa shape index (κ2) is 6.60. The highest BCUT2D eigenvalue weighted by atomic mass is 16.2. The van der Waals surface area contributed by atoms with Gasteiger partial charge in [0.2, 0.25) is 0 Å². The van der Waals surface area contributed by atoms with E-state index < -0.39 is 0 Å². The molecule has 1 saturated carbocycles. The number of amides is 2. The number of benzene rings is 1. The highest BCUT2D eigenvalue weighted by Crippen LogP contribution is 2.19. The molecule has 1 fully saturated rings. The molecule has 0 saturated heterocycles. The van der Waals surface area contributed by atoms with Crippen molar-refractivity contribution in [3.05, 3.63) is 65.0 Å². The number of aromatic nitrogens is 1. The minimum Gasteiger partial charge on any atom is -0.349 e. The van der Waals surface area contributed by atoms with E-state index in [1.54, 1.807) is 6.07 Å². The van der Waals surface area contributed by atoms with Crippen LogP contribution in [0.5, 0.6) is 0 Å². The molecule has 5 nitrogen and oxygen atoms in total. The van der Waals surface area contributed by atoms with Gasteiger partial charge in [0.1, 0.15) is 0 Å². The lowest BCUT2D eigenvalue weighted by atomic mass is 10.1. The molecule has 118 valence electrons. The van der Waals surface area contributed by atoms with Crippen LogP contribution in [0.1, 0.15) is 44.7 Å². The average Bonchev–Trinajstić information content (AvgIpc) is 3.38. The van der Waals surface area contributed by atoms with E-state index in [1.807, 2.05) is 31.2 Å². The second-order valence-corrected chi connectivity index (χ2v) is 5.82. The molecule has 23 heavy (non-hydrogen) atoms. The van der Waals surface area contributed by atoms with Crippen molar-refractivity contribution >= 4 is 11.8 Å². The molecule has 0 unspecified atom stereocenters. The lowest BCUT2D eigenvalue weighted by molar-refractivity contribution is 0.0950. The highest BCUT2D eigenvalue weighted by Gasteiger charge is 2.24. The fourth-order valence-electron chi connectivity index (χ4n) is 2.27. The summed E-state index contributed by atoms with van der Waals surface area (Å²) in [6, 6.07) is 9.75. The third-order valence-corrected chi connectivity index (χ3v) is 3.88. The predicted octanol–water partition coefficient (Wildman–Crippen LogP) is 2.21. The zero-order valence-electron chi connectivity index (χ0n) is 13.0. The molecule has 2 N–H and O–H groups in total. The Balaban J connectivity index is 1.65. The Bertz CT molecular complexity index is 739. The summed E-state index contributed by atoms with van der Waals surface area (Å²) in [6.07, 6.45) is 5.00. The molecule has 1 aromatic heterocycles. The van der Waals surface area contributed by atoms with Crippen LogP contribution in [-0.4, -0.2) is 22.8 Å². The van der Waals surface area contributed by atoms with E-state index in [2.05, 4.69) is 15.6 Å². The molecule has 2 amide bonds. The van der Waals surface area contributed by atoms with Gasteiger partial charge in [0.15, 0.2) is 0 Å². The van der Waals surface area contributed by atoms with Crippen molar-refractivity contribution < 1.29 is 9.59 Å². The number of hydrogen-bond acceptors (Lipinski definition) is 3. The molecule has 2 aromatic rings. The molecule has 0 aliphatic heterocycles. The number of pyridine rings is 1. The maximum Gasteiger partial charge on any atom is 0.253 e. The molecule has 5 heteroatoms. The van der Waals surface area contributed by atoms with E-state index in [-0.39, 0.29) is 17.9 Å². The Morgan fingerprint density at radius 2 is 1.83 bits per heavy atom. The number of carbonyl (C=O) groups excluding carboxylic acids is 2. The maximum absolute atomic E-state index is 12.3. The Morgan fingerprint density at radius 3 is 2.52 bits per heavy atom. The maximum atomic E-state index is 12.3. The molecule has 0 spiro atoms. The molecule has 1 aliphatic rings. The fraction of sp³-hybridized carbons (Fsp3) is 0.278. The van der Waals surface area contributed by atoms with E-state index in [0.29, 0.717) is 17.7 Å². The number of rotatable bonds is 5. The van der Waals surface area contributed by atoms with Gasteiger partial charge in [0.05, 0.1) is 11.1 Å². The van der Waals surface area contributed by atoms with Gasteiger partial charge in [-0.2, -0.15) is 0 Å². The number of aryl methyl sites for hydroxylation is 1. The fourth-order valence-corrected chi connectivity index (χ4v) is 2.27. The van der Waals surface area contributed by atoms with E-state index in [9.17, 15) is 9.59 Å². The first-order valence-corrected chi connectivity index (χ1v) is 7.72. The van der Waals surface area contributed by atoms with E-state index in [1.165, 1.54) is 12.4 Å². The first kappa shape index (κ1) is 15.2. The zero-order chi connectivity index (χ0) is 16.2. The van der Waals surface area contributed by atoms with Crippen LogP contribution < -0.4 is 10.6 Å². The SMILES string of the molecule is Cc1ccccc1CNC(=O)c1cncc(C(=O)NC2CC2)c1. The van der Waals surface area contributed by atoms with Gasteiger partial charge >= 0.3 is 0 Å². The smallest absolute Gasteiger partial charge is 0.253 e. The molecule has 0 radical (unpaired) electrons. The summed E-state index contributed by atoms with van der Waals surface area (Å²) in [4.78, 5) is 28.3. The van der Waals surface area contributed by atoms with Gasteiger partial charge in [-0.3, -0.25) is 14.6 Å². The molecular formula is C18H19N3O2. The Labute approximate surface area is 135 Å². The predicted molar refractivity (Wildman–Crippen MR) is 87.1 cm³/mol. The van der Waals surface area contributed by atoms with Gasteiger partial charge in [-0.15, -0.1) is 0 Å². The third-order valence-electron chi connectivity index (χ3n) is 3.88. The van der Waals surface area contributed by atoms with Crippen molar-refractivity contribution in [3.8, 4) is 0 Å². The summed E-state index contributed by atoms with van der Waals surface area (Å²) in [5.41, 5.74) is 3.00. The van der Waals surface area contributed by atoms with Crippen LogP contribution in [0, 0.1) is 6.92 Å². The first-order valence-electron chi connectivity index (χ1n) is 7.72. The minimum absolute atomic E-state index is 0.173. The Hall–Kier alpha value is -2.69. The monoisotopic (exact) mass is 309 g/mol. The lowest BCUT2D eigenvalue weighted by Crippen LogP contribution is -2.27. The summed E-state index contributed by atoms with van der Waals surface area (Å²) >= 11 is 0. The molecule has 1 heterocycles. The van der Waals surface area contributed by atoms with Crippen LogP contribution in [0.3, 0.4) is 0 Å². The molecule has 0 atom stereocenters. The van der Waals surface area contributed by atoms with Crippen molar-refractivity contribution in [2.75, 3.05) is 0 Å². The van der Waals surface area contributed by atoms with Gasteiger partial charge < -0.3 is 10.6 Å². The Kier molecular flexibility index (Phi) is 4.37. The minimum atomic E-state index is -0.234. The molecule has 0 bridgehead atoms. The largest absolute Gasteiger partial charge is 0.349 e. The summed E-state index contributed by atoms with van der Waals surface area (Å²) < 4.78 is 0. The van der Waals surface area contributed by atoms with E-state index in [4.69, 9.17) is 0 Å². The lowest BCUT2D eigenvalue weighted by Gasteiger charge is -2.09. The van der Waals surface area contributed by atoms with E-state index >= 15 is 0 Å².